The van der Waals surface area contributed by atoms with Gasteiger partial charge >= 0.3 is 0 Å². The van der Waals surface area contributed by atoms with E-state index in [0.29, 0.717) is 6.42 Å². The van der Waals surface area contributed by atoms with Gasteiger partial charge in [0.25, 0.3) is 0 Å². The molecule has 9 heavy (non-hydrogen) atoms. The van der Waals surface area contributed by atoms with Crippen LogP contribution in [0.3, 0.4) is 0 Å². The van der Waals surface area contributed by atoms with Gasteiger partial charge in [-0.25, -0.2) is 0 Å². The first-order chi connectivity index (χ1) is 4.27. The molecule has 0 saturated heterocycles. The second kappa shape index (κ2) is 5.79. The Labute approximate surface area is 55.8 Å². The summed E-state index contributed by atoms with van der Waals surface area (Å²) in [5.41, 5.74) is 0. The summed E-state index contributed by atoms with van der Waals surface area (Å²) in [6, 6.07) is 0. The van der Waals surface area contributed by atoms with Crippen LogP contribution in [0.4, 0.5) is 0 Å². The number of rotatable bonds is 4. The lowest BCUT2D eigenvalue weighted by Gasteiger charge is -1.94. The van der Waals surface area contributed by atoms with Crippen molar-refractivity contribution in [3.05, 3.63) is 12.2 Å². The zero-order valence-electron chi connectivity index (χ0n) is 5.75. The second-order valence-corrected chi connectivity index (χ2v) is 1.98. The maximum Gasteiger partial charge on any atom is 0.154 e. The highest BCUT2D eigenvalue weighted by Crippen LogP contribution is 1.92. The van der Waals surface area contributed by atoms with E-state index in [4.69, 9.17) is 10.2 Å². The minimum absolute atomic E-state index is 0.347. The van der Waals surface area contributed by atoms with Gasteiger partial charge < -0.3 is 10.2 Å². The molecule has 0 rings (SSSR count). The van der Waals surface area contributed by atoms with Crippen LogP contribution in [0.1, 0.15) is 26.2 Å². The molecule has 0 aromatic carbocycles. The largest absolute Gasteiger partial charge is 0.368 e. The highest BCUT2D eigenvalue weighted by molar-refractivity contribution is 4.81. The number of hydrogen-bond acceptors (Lipinski definition) is 2. The molecule has 54 valence electrons. The summed E-state index contributed by atoms with van der Waals surface area (Å²) in [7, 11) is 0. The Balaban J connectivity index is 3.04. The monoisotopic (exact) mass is 130 g/mol. The molecule has 0 saturated carbocycles. The number of hydrogen-bond donors (Lipinski definition) is 2. The Morgan fingerprint density at radius 1 is 1.33 bits per heavy atom. The van der Waals surface area contributed by atoms with Crippen molar-refractivity contribution in [1.82, 2.24) is 0 Å². The molecular formula is C7H14O2. The number of aliphatic hydroxyl groups excluding tert-OH is 1. The smallest absolute Gasteiger partial charge is 0.154 e. The summed E-state index contributed by atoms with van der Waals surface area (Å²) >= 11 is 0. The molecule has 0 radical (unpaired) electrons. The topological polar surface area (TPSA) is 40.5 Å². The van der Waals surface area contributed by atoms with E-state index < -0.39 is 6.29 Å². The van der Waals surface area contributed by atoms with Crippen LogP contribution in [0.5, 0.6) is 0 Å². The molecule has 0 aromatic rings. The molecule has 0 amide bonds. The lowest BCUT2D eigenvalue weighted by Crippen LogP contribution is -2.00. The maximum atomic E-state index is 8.36. The molecule has 0 aliphatic rings. The third-order valence-corrected chi connectivity index (χ3v) is 0.969. The van der Waals surface area contributed by atoms with Gasteiger partial charge in [-0.1, -0.05) is 25.5 Å². The average Bonchev–Trinajstić information content (AvgIpc) is 1.80. The van der Waals surface area contributed by atoms with Gasteiger partial charge in [0.2, 0.25) is 0 Å². The van der Waals surface area contributed by atoms with E-state index in [0.717, 1.165) is 12.8 Å². The molecule has 0 heterocycles. The summed E-state index contributed by atoms with van der Waals surface area (Å²) < 4.78 is 0. The van der Waals surface area contributed by atoms with E-state index in [2.05, 4.69) is 6.92 Å². The van der Waals surface area contributed by atoms with Crippen molar-refractivity contribution in [3.63, 3.8) is 0 Å². The van der Waals surface area contributed by atoms with Crippen LogP contribution in [0, 0.1) is 0 Å². The average molecular weight is 130 g/mol. The predicted octanol–water partition coefficient (Wildman–Crippen LogP) is 1.04. The number of unbranched alkanes of at least 4 members (excludes halogenated alkanes) is 1. The molecule has 0 aromatic heterocycles. The van der Waals surface area contributed by atoms with Gasteiger partial charge in [0.05, 0.1) is 0 Å². The quantitative estimate of drug-likeness (QED) is 0.441. The van der Waals surface area contributed by atoms with Gasteiger partial charge in [0.15, 0.2) is 6.29 Å². The minimum Gasteiger partial charge on any atom is -0.368 e. The number of aliphatic hydroxyl groups is 2. The molecule has 0 spiro atoms. The van der Waals surface area contributed by atoms with Crippen molar-refractivity contribution in [2.45, 2.75) is 32.5 Å². The van der Waals surface area contributed by atoms with Crippen molar-refractivity contribution in [1.29, 1.82) is 0 Å². The van der Waals surface area contributed by atoms with Crippen molar-refractivity contribution in [3.8, 4) is 0 Å². The third kappa shape index (κ3) is 7.66. The third-order valence-electron chi connectivity index (χ3n) is 0.969. The van der Waals surface area contributed by atoms with E-state index in [1.807, 2.05) is 6.08 Å². The Bertz CT molecular complexity index is 77.0. The van der Waals surface area contributed by atoms with Crippen LogP contribution in [-0.4, -0.2) is 16.5 Å². The Morgan fingerprint density at radius 2 is 2.00 bits per heavy atom. The first-order valence-electron chi connectivity index (χ1n) is 3.28. The highest BCUT2D eigenvalue weighted by atomic mass is 16.5. The zero-order chi connectivity index (χ0) is 7.11. The summed E-state index contributed by atoms with van der Waals surface area (Å²) in [6.07, 6.45) is 5.04. The summed E-state index contributed by atoms with van der Waals surface area (Å²) in [5, 5.41) is 16.7. The van der Waals surface area contributed by atoms with Crippen LogP contribution in [-0.2, 0) is 0 Å². The van der Waals surface area contributed by atoms with Crippen LogP contribution in [0.15, 0.2) is 12.2 Å². The molecule has 2 N–H and O–H groups in total. The van der Waals surface area contributed by atoms with E-state index >= 15 is 0 Å². The molecular weight excluding hydrogens is 116 g/mol. The standard InChI is InChI=1S/C7H14O2/c1-2-3-4-5-6-7(8)9/h4-5,7-9H,2-3,6H2,1H3. The summed E-state index contributed by atoms with van der Waals surface area (Å²) in [5.74, 6) is 0. The van der Waals surface area contributed by atoms with Gasteiger partial charge in [-0.2, -0.15) is 0 Å². The van der Waals surface area contributed by atoms with Crippen molar-refractivity contribution in [2.24, 2.45) is 0 Å². The van der Waals surface area contributed by atoms with Crippen LogP contribution in [0.2, 0.25) is 0 Å². The van der Waals surface area contributed by atoms with Crippen molar-refractivity contribution >= 4 is 0 Å². The van der Waals surface area contributed by atoms with Crippen molar-refractivity contribution in [2.75, 3.05) is 0 Å². The predicted molar refractivity (Wildman–Crippen MR) is 36.9 cm³/mol. The molecule has 2 nitrogen and oxygen atoms in total. The highest BCUT2D eigenvalue weighted by Gasteiger charge is 1.88. The molecule has 0 aliphatic heterocycles. The Hall–Kier alpha value is -0.340. The lowest BCUT2D eigenvalue weighted by atomic mass is 10.3. The van der Waals surface area contributed by atoms with Crippen LogP contribution >= 0.6 is 0 Å². The molecule has 0 aliphatic carbocycles. The minimum atomic E-state index is -1.18. The Kier molecular flexibility index (Phi) is 5.57. The SMILES string of the molecule is CCCC=CCC(O)O. The second-order valence-electron chi connectivity index (χ2n) is 1.98. The lowest BCUT2D eigenvalue weighted by molar-refractivity contribution is -0.0361. The van der Waals surface area contributed by atoms with Crippen LogP contribution in [0.25, 0.3) is 0 Å². The molecule has 0 atom stereocenters. The summed E-state index contributed by atoms with van der Waals surface area (Å²) in [6.45, 7) is 2.08. The first kappa shape index (κ1) is 8.66. The Morgan fingerprint density at radius 3 is 2.44 bits per heavy atom. The van der Waals surface area contributed by atoms with Gasteiger partial charge in [-0.15, -0.1) is 0 Å². The molecule has 0 unspecified atom stereocenters. The summed E-state index contributed by atoms with van der Waals surface area (Å²) in [4.78, 5) is 0. The molecule has 0 bridgehead atoms. The fraction of sp³-hybridized carbons (Fsp3) is 0.714. The van der Waals surface area contributed by atoms with E-state index in [9.17, 15) is 0 Å². The van der Waals surface area contributed by atoms with Gasteiger partial charge in [0.1, 0.15) is 0 Å². The first-order valence-corrected chi connectivity index (χ1v) is 3.28. The van der Waals surface area contributed by atoms with Gasteiger partial charge in [-0.05, 0) is 6.42 Å². The van der Waals surface area contributed by atoms with Gasteiger partial charge in [0, 0.05) is 6.42 Å². The normalized spacial score (nSPS) is 11.6. The maximum absolute atomic E-state index is 8.36. The zero-order valence-corrected chi connectivity index (χ0v) is 5.75. The van der Waals surface area contributed by atoms with E-state index in [1.54, 1.807) is 6.08 Å². The fourth-order valence-electron chi connectivity index (χ4n) is 0.502. The van der Waals surface area contributed by atoms with E-state index in [1.165, 1.54) is 0 Å². The molecule has 2 heteroatoms. The van der Waals surface area contributed by atoms with Crippen LogP contribution < -0.4 is 0 Å². The van der Waals surface area contributed by atoms with E-state index in [-0.39, 0.29) is 0 Å². The fourth-order valence-corrected chi connectivity index (χ4v) is 0.502. The van der Waals surface area contributed by atoms with Gasteiger partial charge in [-0.3, -0.25) is 0 Å². The van der Waals surface area contributed by atoms with Crippen molar-refractivity contribution < 1.29 is 10.2 Å². The molecule has 0 fully saturated rings. The number of allylic oxidation sites excluding steroid dienone is 1.